The zero-order valence-corrected chi connectivity index (χ0v) is 15.3. The van der Waals surface area contributed by atoms with Crippen molar-refractivity contribution in [2.24, 2.45) is 0 Å². The van der Waals surface area contributed by atoms with Crippen molar-refractivity contribution in [3.63, 3.8) is 0 Å². The van der Waals surface area contributed by atoms with Crippen molar-refractivity contribution < 1.29 is 0 Å². The molecule has 1 atom stereocenters. The van der Waals surface area contributed by atoms with Gasteiger partial charge >= 0.3 is 0 Å². The molecule has 3 aliphatic carbocycles. The first-order valence-corrected chi connectivity index (χ1v) is 9.90. The summed E-state index contributed by atoms with van der Waals surface area (Å²) in [6.07, 6.45) is 16.8. The number of hydrogen-bond acceptors (Lipinski definition) is 1. The summed E-state index contributed by atoms with van der Waals surface area (Å²) in [6.45, 7) is 0. The first kappa shape index (κ1) is 14.6. The van der Waals surface area contributed by atoms with Gasteiger partial charge in [0, 0.05) is 22.9 Å². The van der Waals surface area contributed by atoms with Gasteiger partial charge in [0.2, 0.25) is 0 Å². The number of allylic oxidation sites excluding steroid dienone is 7. The maximum atomic E-state index is 4.86. The molecule has 7 rings (SSSR count). The fourth-order valence-corrected chi connectivity index (χ4v) is 5.26. The molecule has 0 bridgehead atoms. The van der Waals surface area contributed by atoms with Crippen molar-refractivity contribution in [2.75, 3.05) is 0 Å². The third kappa shape index (κ3) is 1.79. The lowest BCUT2D eigenvalue weighted by Gasteiger charge is -2.33. The van der Waals surface area contributed by atoms with Gasteiger partial charge in [-0.2, -0.15) is 0 Å². The minimum Gasteiger partial charge on any atom is -0.256 e. The van der Waals surface area contributed by atoms with Gasteiger partial charge in [0.05, 0.1) is 5.52 Å². The second-order valence-electron chi connectivity index (χ2n) is 8.00. The topological polar surface area (TPSA) is 12.9 Å². The second kappa shape index (κ2) is 5.08. The smallest absolute Gasteiger partial charge is 0.0714 e. The van der Waals surface area contributed by atoms with Crippen LogP contribution in [0, 0.1) is 0 Å². The maximum Gasteiger partial charge on any atom is 0.0714 e. The van der Waals surface area contributed by atoms with Gasteiger partial charge in [-0.1, -0.05) is 60.7 Å². The minimum absolute atomic E-state index is 0.394. The molecule has 0 saturated carbocycles. The standard InChI is InChI=1S/C27H17N/c1-2-5-19-14-25-23(12-18(19)4-1)22-13-20-9-8-16-6-3-7-17-10-11-21(24(22)15-28-25)27(20)26(16)17/h1-8,10-15,26H,9H2. The molecular weight excluding hydrogens is 338 g/mol. The molecule has 1 aromatic heterocycles. The van der Waals surface area contributed by atoms with Gasteiger partial charge in [-0.05, 0) is 68.6 Å². The van der Waals surface area contributed by atoms with E-state index in [1.54, 1.807) is 0 Å². The van der Waals surface area contributed by atoms with Gasteiger partial charge in [-0.15, -0.1) is 0 Å². The molecule has 0 aliphatic heterocycles. The van der Waals surface area contributed by atoms with Crippen LogP contribution in [0.5, 0.6) is 0 Å². The third-order valence-corrected chi connectivity index (χ3v) is 6.55. The Morgan fingerprint density at radius 3 is 2.64 bits per heavy atom. The van der Waals surface area contributed by atoms with E-state index in [1.807, 2.05) is 0 Å². The first-order chi connectivity index (χ1) is 13.9. The molecule has 0 fully saturated rings. The Hall–Kier alpha value is -3.45. The van der Waals surface area contributed by atoms with E-state index in [0.29, 0.717) is 5.92 Å². The number of pyridine rings is 1. The second-order valence-corrected chi connectivity index (χ2v) is 8.00. The molecule has 1 nitrogen and oxygen atoms in total. The summed E-state index contributed by atoms with van der Waals surface area (Å²) in [5, 5.41) is 6.37. The molecule has 0 spiro atoms. The molecule has 1 unspecified atom stereocenters. The zero-order valence-electron chi connectivity index (χ0n) is 15.3. The van der Waals surface area contributed by atoms with Crippen LogP contribution in [0.15, 0.2) is 90.2 Å². The molecule has 1 heteroatoms. The maximum absolute atomic E-state index is 4.86. The predicted octanol–water partition coefficient (Wildman–Crippen LogP) is 6.63. The van der Waals surface area contributed by atoms with E-state index >= 15 is 0 Å². The fourth-order valence-electron chi connectivity index (χ4n) is 5.26. The Morgan fingerprint density at radius 1 is 0.821 bits per heavy atom. The van der Waals surface area contributed by atoms with Crippen LogP contribution in [0.4, 0.5) is 0 Å². The van der Waals surface area contributed by atoms with E-state index in [4.69, 9.17) is 4.98 Å². The van der Waals surface area contributed by atoms with E-state index in [9.17, 15) is 0 Å². The lowest BCUT2D eigenvalue weighted by molar-refractivity contribution is 0.896. The molecule has 130 valence electrons. The largest absolute Gasteiger partial charge is 0.256 e. The minimum atomic E-state index is 0.394. The van der Waals surface area contributed by atoms with E-state index < -0.39 is 0 Å². The summed E-state index contributed by atoms with van der Waals surface area (Å²) >= 11 is 0. The average molecular weight is 355 g/mol. The number of aromatic nitrogens is 1. The van der Waals surface area contributed by atoms with Crippen molar-refractivity contribution >= 4 is 38.5 Å². The quantitative estimate of drug-likeness (QED) is 0.255. The Bertz CT molecular complexity index is 1480. The molecule has 0 amide bonds. The van der Waals surface area contributed by atoms with Gasteiger partial charge in [0.15, 0.2) is 0 Å². The molecular formula is C27H17N. The molecule has 28 heavy (non-hydrogen) atoms. The van der Waals surface area contributed by atoms with E-state index in [2.05, 4.69) is 85.1 Å². The zero-order chi connectivity index (χ0) is 18.2. The Morgan fingerprint density at radius 2 is 1.71 bits per heavy atom. The summed E-state index contributed by atoms with van der Waals surface area (Å²) in [7, 11) is 0. The van der Waals surface area contributed by atoms with Crippen molar-refractivity contribution in [1.82, 2.24) is 4.98 Å². The summed E-state index contributed by atoms with van der Waals surface area (Å²) in [5.74, 6) is 0.394. The van der Waals surface area contributed by atoms with Gasteiger partial charge in [-0.3, -0.25) is 4.98 Å². The molecule has 4 aromatic rings. The number of nitrogens with zero attached hydrogens (tertiary/aromatic N) is 1. The van der Waals surface area contributed by atoms with E-state index in [0.717, 1.165) is 11.9 Å². The summed E-state index contributed by atoms with van der Waals surface area (Å²) in [5.41, 5.74) is 8.23. The molecule has 0 N–H and O–H groups in total. The van der Waals surface area contributed by atoms with Gasteiger partial charge in [0.1, 0.15) is 0 Å². The predicted molar refractivity (Wildman–Crippen MR) is 118 cm³/mol. The fraction of sp³-hybridized carbons (Fsp3) is 0.0741. The third-order valence-electron chi connectivity index (χ3n) is 6.55. The number of hydrogen-bond donors (Lipinski definition) is 0. The van der Waals surface area contributed by atoms with Crippen LogP contribution >= 0.6 is 0 Å². The Balaban J connectivity index is 1.62. The van der Waals surface area contributed by atoms with Crippen LogP contribution in [0.25, 0.3) is 38.5 Å². The summed E-state index contributed by atoms with van der Waals surface area (Å²) in [6, 6.07) is 15.5. The summed E-state index contributed by atoms with van der Waals surface area (Å²) < 4.78 is 0. The van der Waals surface area contributed by atoms with Crippen LogP contribution in [0.2, 0.25) is 0 Å². The molecule has 0 saturated heterocycles. The first-order valence-electron chi connectivity index (χ1n) is 9.90. The van der Waals surface area contributed by atoms with Crippen molar-refractivity contribution in [3.05, 3.63) is 107 Å². The normalized spacial score (nSPS) is 19.1. The highest BCUT2D eigenvalue weighted by Crippen LogP contribution is 2.48. The SMILES string of the molecule is C1=CC2=CCc3cc4c(cnc5cc6ccccc6cc54)c4c3C2C(=C1)C=C4. The van der Waals surface area contributed by atoms with Crippen LogP contribution in [0.3, 0.4) is 0 Å². The number of rotatable bonds is 0. The van der Waals surface area contributed by atoms with Crippen molar-refractivity contribution in [1.29, 1.82) is 0 Å². The van der Waals surface area contributed by atoms with Crippen LogP contribution in [-0.2, 0) is 6.42 Å². The van der Waals surface area contributed by atoms with Gasteiger partial charge in [0.25, 0.3) is 0 Å². The molecule has 0 radical (unpaired) electrons. The highest BCUT2D eigenvalue weighted by Gasteiger charge is 2.31. The van der Waals surface area contributed by atoms with E-state index in [-0.39, 0.29) is 0 Å². The number of benzene rings is 3. The molecule has 1 heterocycles. The van der Waals surface area contributed by atoms with Crippen molar-refractivity contribution in [2.45, 2.75) is 12.3 Å². The van der Waals surface area contributed by atoms with Gasteiger partial charge < -0.3 is 0 Å². The van der Waals surface area contributed by atoms with Crippen LogP contribution < -0.4 is 0 Å². The number of fused-ring (bicyclic) bond motifs is 5. The molecule has 3 aliphatic rings. The summed E-state index contributed by atoms with van der Waals surface area (Å²) in [4.78, 5) is 4.86. The van der Waals surface area contributed by atoms with E-state index in [1.165, 1.54) is 54.8 Å². The lowest BCUT2D eigenvalue weighted by Crippen LogP contribution is -2.17. The monoisotopic (exact) mass is 355 g/mol. The highest BCUT2D eigenvalue weighted by atomic mass is 14.7. The Labute approximate surface area is 163 Å². The highest BCUT2D eigenvalue weighted by molar-refractivity contribution is 6.13. The van der Waals surface area contributed by atoms with Crippen LogP contribution in [0.1, 0.15) is 22.6 Å². The van der Waals surface area contributed by atoms with Crippen LogP contribution in [-0.4, -0.2) is 4.98 Å². The van der Waals surface area contributed by atoms with Gasteiger partial charge in [-0.25, -0.2) is 0 Å². The van der Waals surface area contributed by atoms with Crippen molar-refractivity contribution in [3.8, 4) is 0 Å². The molecule has 3 aromatic carbocycles. The lowest BCUT2D eigenvalue weighted by atomic mass is 9.70. The average Bonchev–Trinajstić information content (AvgIpc) is 2.75. The Kier molecular flexibility index (Phi) is 2.65.